The number of H-pyrrole nitrogens is 1. The Labute approximate surface area is 251 Å². The predicted molar refractivity (Wildman–Crippen MR) is 156 cm³/mol. The lowest BCUT2D eigenvalue weighted by Gasteiger charge is -2.25. The quantitative estimate of drug-likeness (QED) is 0.0980. The van der Waals surface area contributed by atoms with Crippen molar-refractivity contribution in [3.63, 3.8) is 0 Å². The molecule has 0 bridgehead atoms. The molecule has 4 atom stereocenters. The summed E-state index contributed by atoms with van der Waals surface area (Å²) in [5.41, 5.74) is 12.8. The maximum atomic E-state index is 13.6. The molecule has 0 fully saturated rings. The van der Waals surface area contributed by atoms with Crippen LogP contribution in [-0.4, -0.2) is 80.0 Å². The summed E-state index contributed by atoms with van der Waals surface area (Å²) in [7, 11) is 0. The lowest BCUT2D eigenvalue weighted by Crippen LogP contribution is -2.58. The van der Waals surface area contributed by atoms with Crippen LogP contribution in [-0.2, 0) is 41.6 Å². The molecular formula is C29H34N6O9. The molecule has 0 saturated heterocycles. The second-order valence-electron chi connectivity index (χ2n) is 10.2. The van der Waals surface area contributed by atoms with E-state index in [1.807, 2.05) is 0 Å². The number of phenols is 1. The fourth-order valence-corrected chi connectivity index (χ4v) is 4.47. The molecule has 15 nitrogen and oxygen atoms in total. The molecule has 2 aromatic carbocycles. The molecule has 234 valence electrons. The average Bonchev–Trinajstić information content (AvgIpc) is 3.37. The molecule has 0 saturated carbocycles. The van der Waals surface area contributed by atoms with Crippen molar-refractivity contribution >= 4 is 46.5 Å². The Hall–Kier alpha value is -5.44. The van der Waals surface area contributed by atoms with Crippen molar-refractivity contribution in [1.29, 1.82) is 0 Å². The number of aliphatic carboxylic acids is 2. The fraction of sp³-hybridized carbons (Fsp3) is 0.310. The number of aromatic amines is 1. The van der Waals surface area contributed by atoms with E-state index in [9.17, 15) is 44.1 Å². The van der Waals surface area contributed by atoms with Crippen molar-refractivity contribution in [2.24, 2.45) is 11.5 Å². The molecule has 4 unspecified atom stereocenters. The highest BCUT2D eigenvalue weighted by Crippen LogP contribution is 2.19. The van der Waals surface area contributed by atoms with Crippen LogP contribution < -0.4 is 27.4 Å². The zero-order valence-corrected chi connectivity index (χ0v) is 23.5. The van der Waals surface area contributed by atoms with Gasteiger partial charge in [-0.25, -0.2) is 4.79 Å². The molecule has 0 aliphatic heterocycles. The van der Waals surface area contributed by atoms with Gasteiger partial charge in [0.05, 0.1) is 12.5 Å². The molecule has 15 heteroatoms. The summed E-state index contributed by atoms with van der Waals surface area (Å²) < 4.78 is 0. The Morgan fingerprint density at radius 2 is 1.41 bits per heavy atom. The SMILES string of the molecule is NC(=O)CC(N)C(=O)NC(Cc1c[nH]c2ccccc12)C(=O)NC(CCC(=O)O)C(=O)NC(Cc1ccc(O)cc1)C(=O)O. The zero-order chi connectivity index (χ0) is 32.4. The summed E-state index contributed by atoms with van der Waals surface area (Å²) in [6, 6.07) is 7.16. The summed E-state index contributed by atoms with van der Waals surface area (Å²) in [5.74, 6) is -6.24. The predicted octanol–water partition coefficient (Wildman–Crippen LogP) is -0.735. The fourth-order valence-electron chi connectivity index (χ4n) is 4.47. The molecule has 0 aliphatic rings. The molecular weight excluding hydrogens is 576 g/mol. The molecule has 0 radical (unpaired) electrons. The third kappa shape index (κ3) is 9.55. The Morgan fingerprint density at radius 1 is 0.795 bits per heavy atom. The molecule has 11 N–H and O–H groups in total. The van der Waals surface area contributed by atoms with Crippen molar-refractivity contribution in [2.45, 2.75) is 56.3 Å². The lowest BCUT2D eigenvalue weighted by atomic mass is 10.0. The van der Waals surface area contributed by atoms with E-state index in [-0.39, 0.29) is 18.6 Å². The first-order valence-electron chi connectivity index (χ1n) is 13.6. The summed E-state index contributed by atoms with van der Waals surface area (Å²) in [4.78, 5) is 77.1. The number of aromatic nitrogens is 1. The number of nitrogens with two attached hydrogens (primary N) is 2. The summed E-state index contributed by atoms with van der Waals surface area (Å²) >= 11 is 0. The minimum absolute atomic E-state index is 0.0361. The number of rotatable bonds is 16. The van der Waals surface area contributed by atoms with Crippen LogP contribution in [0.2, 0.25) is 0 Å². The van der Waals surface area contributed by atoms with Crippen LogP contribution in [0, 0.1) is 0 Å². The van der Waals surface area contributed by atoms with E-state index < -0.39 is 79.0 Å². The third-order valence-corrected chi connectivity index (χ3v) is 6.76. The monoisotopic (exact) mass is 610 g/mol. The zero-order valence-electron chi connectivity index (χ0n) is 23.5. The number of carbonyl (C=O) groups excluding carboxylic acids is 4. The number of carboxylic acid groups (broad SMARTS) is 2. The topological polar surface area (TPSA) is 267 Å². The smallest absolute Gasteiger partial charge is 0.326 e. The van der Waals surface area contributed by atoms with Crippen molar-refractivity contribution in [2.75, 3.05) is 0 Å². The van der Waals surface area contributed by atoms with Crippen LogP contribution in [0.5, 0.6) is 5.75 Å². The first-order valence-corrected chi connectivity index (χ1v) is 13.6. The summed E-state index contributed by atoms with van der Waals surface area (Å²) in [6.45, 7) is 0. The van der Waals surface area contributed by atoms with E-state index in [0.29, 0.717) is 11.1 Å². The number of para-hydroxylation sites is 1. The van der Waals surface area contributed by atoms with E-state index in [1.165, 1.54) is 24.3 Å². The van der Waals surface area contributed by atoms with Crippen molar-refractivity contribution in [1.82, 2.24) is 20.9 Å². The lowest BCUT2D eigenvalue weighted by molar-refractivity contribution is -0.143. The number of fused-ring (bicyclic) bond motifs is 1. The summed E-state index contributed by atoms with van der Waals surface area (Å²) in [6.07, 6.45) is -0.0521. The van der Waals surface area contributed by atoms with Crippen LogP contribution in [0.4, 0.5) is 0 Å². The normalized spacial score (nSPS) is 13.7. The Balaban J connectivity index is 1.84. The van der Waals surface area contributed by atoms with Gasteiger partial charge in [0.25, 0.3) is 0 Å². The van der Waals surface area contributed by atoms with Crippen molar-refractivity contribution in [3.8, 4) is 5.75 Å². The number of hydrogen-bond acceptors (Lipinski definition) is 8. The first kappa shape index (κ1) is 33.1. The maximum absolute atomic E-state index is 13.6. The number of primary amides is 1. The van der Waals surface area contributed by atoms with E-state index in [1.54, 1.807) is 30.5 Å². The molecule has 0 aliphatic carbocycles. The first-order chi connectivity index (χ1) is 20.8. The average molecular weight is 611 g/mol. The van der Waals surface area contributed by atoms with Gasteiger partial charge in [0.15, 0.2) is 0 Å². The van der Waals surface area contributed by atoms with Crippen LogP contribution >= 0.6 is 0 Å². The van der Waals surface area contributed by atoms with Gasteiger partial charge in [0, 0.05) is 36.4 Å². The highest BCUT2D eigenvalue weighted by atomic mass is 16.4. The standard InChI is InChI=1S/C29H34N6O9/c30-19(13-24(31)37)26(40)34-22(12-16-14-32-20-4-2-1-3-18(16)20)28(42)33-21(9-10-25(38)39)27(41)35-23(29(43)44)11-15-5-7-17(36)8-6-15/h1-8,14,19,21-23,32,36H,9-13,30H2,(H2,31,37)(H,33,42)(H,34,40)(H,35,41)(H,38,39)(H,43,44). The van der Waals surface area contributed by atoms with E-state index in [2.05, 4.69) is 20.9 Å². The van der Waals surface area contributed by atoms with Gasteiger partial charge in [-0.2, -0.15) is 0 Å². The molecule has 44 heavy (non-hydrogen) atoms. The number of phenolic OH excluding ortho intramolecular Hbond substituents is 1. The van der Waals surface area contributed by atoms with Gasteiger partial charge >= 0.3 is 11.9 Å². The van der Waals surface area contributed by atoms with Crippen molar-refractivity contribution < 1.29 is 44.1 Å². The Morgan fingerprint density at radius 3 is 2.05 bits per heavy atom. The van der Waals surface area contributed by atoms with E-state index in [4.69, 9.17) is 11.5 Å². The molecule has 3 aromatic rings. The molecule has 0 spiro atoms. The van der Waals surface area contributed by atoms with E-state index in [0.717, 1.165) is 10.9 Å². The van der Waals surface area contributed by atoms with Gasteiger partial charge in [-0.3, -0.25) is 24.0 Å². The molecule has 3 rings (SSSR count). The van der Waals surface area contributed by atoms with Gasteiger partial charge in [-0.15, -0.1) is 0 Å². The van der Waals surface area contributed by atoms with E-state index >= 15 is 0 Å². The van der Waals surface area contributed by atoms with Crippen molar-refractivity contribution in [3.05, 3.63) is 65.9 Å². The minimum atomic E-state index is -1.50. The van der Waals surface area contributed by atoms with Gasteiger partial charge in [-0.1, -0.05) is 30.3 Å². The Bertz CT molecular complexity index is 1520. The number of carboxylic acids is 2. The van der Waals surface area contributed by atoms with Crippen LogP contribution in [0.15, 0.2) is 54.7 Å². The Kier molecular flexibility index (Phi) is 11.4. The second kappa shape index (κ2) is 15.2. The van der Waals surface area contributed by atoms with Crippen LogP contribution in [0.3, 0.4) is 0 Å². The number of nitrogens with one attached hydrogen (secondary N) is 4. The summed E-state index contributed by atoms with van der Waals surface area (Å²) in [5, 5.41) is 36.4. The maximum Gasteiger partial charge on any atom is 0.326 e. The number of benzene rings is 2. The number of amides is 4. The third-order valence-electron chi connectivity index (χ3n) is 6.76. The number of aromatic hydroxyl groups is 1. The minimum Gasteiger partial charge on any atom is -0.508 e. The highest BCUT2D eigenvalue weighted by Gasteiger charge is 2.31. The molecule has 1 heterocycles. The van der Waals surface area contributed by atoms with Gasteiger partial charge in [0.2, 0.25) is 23.6 Å². The highest BCUT2D eigenvalue weighted by molar-refractivity contribution is 5.96. The van der Waals surface area contributed by atoms with Gasteiger partial charge < -0.3 is 47.7 Å². The second-order valence-corrected chi connectivity index (χ2v) is 10.2. The molecule has 1 aromatic heterocycles. The number of carbonyl (C=O) groups is 6. The van der Waals surface area contributed by atoms with Crippen LogP contribution in [0.25, 0.3) is 10.9 Å². The largest absolute Gasteiger partial charge is 0.508 e. The number of hydrogen-bond donors (Lipinski definition) is 9. The molecule has 4 amide bonds. The van der Waals surface area contributed by atoms with Crippen LogP contribution in [0.1, 0.15) is 30.4 Å². The van der Waals surface area contributed by atoms with Gasteiger partial charge in [0.1, 0.15) is 23.9 Å². The van der Waals surface area contributed by atoms with Gasteiger partial charge in [-0.05, 0) is 35.7 Å².